The molecule has 90 valence electrons. The maximum absolute atomic E-state index is 2.40. The summed E-state index contributed by atoms with van der Waals surface area (Å²) in [6, 6.07) is 7.02. The minimum absolute atomic E-state index is 0.410. The first kappa shape index (κ1) is 13.3. The molecule has 0 aromatic heterocycles. The zero-order chi connectivity index (χ0) is 12.2. The smallest absolute Gasteiger partial charge is 0.00522 e. The maximum Gasteiger partial charge on any atom is -0.00522 e. The van der Waals surface area contributed by atoms with Crippen molar-refractivity contribution in [3.8, 4) is 0 Å². The summed E-state index contributed by atoms with van der Waals surface area (Å²) in [4.78, 5) is 0. The number of benzene rings is 1. The van der Waals surface area contributed by atoms with E-state index in [4.69, 9.17) is 0 Å². The fourth-order valence-electron chi connectivity index (χ4n) is 2.71. The Morgan fingerprint density at radius 1 is 0.938 bits per heavy atom. The first-order chi connectivity index (χ1) is 7.59. The highest BCUT2D eigenvalue weighted by atomic mass is 14.3. The van der Waals surface area contributed by atoms with Gasteiger partial charge in [-0.2, -0.15) is 0 Å². The highest BCUT2D eigenvalue weighted by Gasteiger charge is 2.27. The molecule has 0 aliphatic carbocycles. The fraction of sp³-hybridized carbons (Fsp3) is 0.625. The van der Waals surface area contributed by atoms with Crippen LogP contribution >= 0.6 is 0 Å². The fourth-order valence-corrected chi connectivity index (χ4v) is 2.71. The predicted molar refractivity (Wildman–Crippen MR) is 73.1 cm³/mol. The normalized spacial score (nSPS) is 11.8. The molecular formula is C16H26. The minimum Gasteiger partial charge on any atom is -0.0654 e. The maximum atomic E-state index is 2.40. The van der Waals surface area contributed by atoms with Crippen molar-refractivity contribution in [2.75, 3.05) is 0 Å². The molecule has 0 aliphatic heterocycles. The zero-order valence-corrected chi connectivity index (χ0v) is 11.6. The summed E-state index contributed by atoms with van der Waals surface area (Å²) < 4.78 is 0. The van der Waals surface area contributed by atoms with E-state index in [0.29, 0.717) is 5.41 Å². The lowest BCUT2D eigenvalue weighted by atomic mass is 9.72. The van der Waals surface area contributed by atoms with Crippen LogP contribution in [0.1, 0.15) is 63.1 Å². The Labute approximate surface area is 101 Å². The van der Waals surface area contributed by atoms with Crippen molar-refractivity contribution in [2.24, 2.45) is 0 Å². The standard InChI is InChI=1S/C16H26/c1-6-11-16(7-2,8-3)15-10-9-13(4)14(5)12-15/h9-10,12H,6-8,11H2,1-5H3. The number of rotatable bonds is 5. The minimum atomic E-state index is 0.410. The van der Waals surface area contributed by atoms with Crippen molar-refractivity contribution in [1.29, 1.82) is 0 Å². The lowest BCUT2D eigenvalue weighted by Crippen LogP contribution is -2.24. The third-order valence-electron chi connectivity index (χ3n) is 4.20. The summed E-state index contributed by atoms with van der Waals surface area (Å²) in [5.74, 6) is 0. The van der Waals surface area contributed by atoms with Crippen LogP contribution in [0.4, 0.5) is 0 Å². The van der Waals surface area contributed by atoms with Crippen LogP contribution < -0.4 is 0 Å². The van der Waals surface area contributed by atoms with Gasteiger partial charge in [0.15, 0.2) is 0 Å². The topological polar surface area (TPSA) is 0 Å². The van der Waals surface area contributed by atoms with Gasteiger partial charge in [-0.3, -0.25) is 0 Å². The molecule has 1 aromatic carbocycles. The molecule has 0 heteroatoms. The zero-order valence-electron chi connectivity index (χ0n) is 11.6. The molecule has 0 nitrogen and oxygen atoms in total. The predicted octanol–water partition coefficient (Wildman–Crippen LogP) is 5.16. The van der Waals surface area contributed by atoms with E-state index in [-0.39, 0.29) is 0 Å². The number of hydrogen-bond acceptors (Lipinski definition) is 0. The van der Waals surface area contributed by atoms with Gasteiger partial charge in [-0.15, -0.1) is 0 Å². The summed E-state index contributed by atoms with van der Waals surface area (Å²) >= 11 is 0. The van der Waals surface area contributed by atoms with Gasteiger partial charge in [0.25, 0.3) is 0 Å². The Morgan fingerprint density at radius 2 is 1.56 bits per heavy atom. The van der Waals surface area contributed by atoms with E-state index in [2.05, 4.69) is 52.8 Å². The van der Waals surface area contributed by atoms with Gasteiger partial charge in [-0.05, 0) is 55.2 Å². The van der Waals surface area contributed by atoms with Gasteiger partial charge in [0.05, 0.1) is 0 Å². The second-order valence-corrected chi connectivity index (χ2v) is 5.04. The molecule has 0 fully saturated rings. The molecule has 0 atom stereocenters. The van der Waals surface area contributed by atoms with Gasteiger partial charge in [-0.25, -0.2) is 0 Å². The van der Waals surface area contributed by atoms with Crippen molar-refractivity contribution >= 4 is 0 Å². The molecule has 1 aromatic rings. The molecule has 0 heterocycles. The molecule has 0 bridgehead atoms. The SMILES string of the molecule is CCCC(CC)(CC)c1ccc(C)c(C)c1. The summed E-state index contributed by atoms with van der Waals surface area (Å²) in [6.07, 6.45) is 5.08. The van der Waals surface area contributed by atoms with E-state index in [1.807, 2.05) is 0 Å². The van der Waals surface area contributed by atoms with Crippen molar-refractivity contribution < 1.29 is 0 Å². The highest BCUT2D eigenvalue weighted by Crippen LogP contribution is 2.36. The third-order valence-corrected chi connectivity index (χ3v) is 4.20. The quantitative estimate of drug-likeness (QED) is 0.640. The van der Waals surface area contributed by atoms with Crippen LogP contribution in [0.15, 0.2) is 18.2 Å². The largest absolute Gasteiger partial charge is 0.0654 e. The second kappa shape index (κ2) is 5.52. The van der Waals surface area contributed by atoms with Gasteiger partial charge in [0, 0.05) is 0 Å². The van der Waals surface area contributed by atoms with E-state index in [9.17, 15) is 0 Å². The molecule has 0 saturated carbocycles. The van der Waals surface area contributed by atoms with Crippen molar-refractivity contribution in [1.82, 2.24) is 0 Å². The van der Waals surface area contributed by atoms with E-state index >= 15 is 0 Å². The highest BCUT2D eigenvalue weighted by molar-refractivity contribution is 5.34. The molecule has 0 unspecified atom stereocenters. The molecule has 0 amide bonds. The lowest BCUT2D eigenvalue weighted by Gasteiger charge is -2.32. The van der Waals surface area contributed by atoms with Gasteiger partial charge < -0.3 is 0 Å². The Bertz CT molecular complexity index is 332. The Hall–Kier alpha value is -0.780. The Morgan fingerprint density at radius 3 is 2.00 bits per heavy atom. The molecule has 16 heavy (non-hydrogen) atoms. The Kier molecular flexibility index (Phi) is 4.58. The van der Waals surface area contributed by atoms with Crippen LogP contribution in [0.2, 0.25) is 0 Å². The van der Waals surface area contributed by atoms with E-state index in [1.165, 1.54) is 36.8 Å². The monoisotopic (exact) mass is 218 g/mol. The summed E-state index contributed by atoms with van der Waals surface area (Å²) in [7, 11) is 0. The first-order valence-electron chi connectivity index (χ1n) is 6.67. The molecule has 0 N–H and O–H groups in total. The van der Waals surface area contributed by atoms with Gasteiger partial charge >= 0.3 is 0 Å². The van der Waals surface area contributed by atoms with Gasteiger partial charge in [0.1, 0.15) is 0 Å². The van der Waals surface area contributed by atoms with Gasteiger partial charge in [0.2, 0.25) is 0 Å². The number of hydrogen-bond donors (Lipinski definition) is 0. The molecule has 0 spiro atoms. The first-order valence-corrected chi connectivity index (χ1v) is 6.67. The van der Waals surface area contributed by atoms with Crippen LogP contribution in [-0.4, -0.2) is 0 Å². The third kappa shape index (κ3) is 2.48. The van der Waals surface area contributed by atoms with Crippen molar-refractivity contribution in [2.45, 2.75) is 65.7 Å². The van der Waals surface area contributed by atoms with Crippen LogP contribution in [0, 0.1) is 13.8 Å². The molecule has 0 radical (unpaired) electrons. The van der Waals surface area contributed by atoms with E-state index in [1.54, 1.807) is 5.56 Å². The van der Waals surface area contributed by atoms with Crippen LogP contribution in [0.25, 0.3) is 0 Å². The second-order valence-electron chi connectivity index (χ2n) is 5.04. The lowest BCUT2D eigenvalue weighted by molar-refractivity contribution is 0.361. The average Bonchev–Trinajstić information content (AvgIpc) is 2.30. The molecule has 1 rings (SSSR count). The van der Waals surface area contributed by atoms with E-state index in [0.717, 1.165) is 0 Å². The molecular weight excluding hydrogens is 192 g/mol. The van der Waals surface area contributed by atoms with Crippen LogP contribution in [-0.2, 0) is 5.41 Å². The average molecular weight is 218 g/mol. The van der Waals surface area contributed by atoms with Crippen molar-refractivity contribution in [3.63, 3.8) is 0 Å². The van der Waals surface area contributed by atoms with Crippen molar-refractivity contribution in [3.05, 3.63) is 34.9 Å². The summed E-state index contributed by atoms with van der Waals surface area (Å²) in [6.45, 7) is 11.4. The Balaban J connectivity index is 3.14. The summed E-state index contributed by atoms with van der Waals surface area (Å²) in [5.41, 5.74) is 4.79. The molecule has 0 saturated heterocycles. The molecule has 0 aliphatic rings. The van der Waals surface area contributed by atoms with E-state index < -0.39 is 0 Å². The van der Waals surface area contributed by atoms with Gasteiger partial charge in [-0.1, -0.05) is 45.4 Å². The van der Waals surface area contributed by atoms with Crippen LogP contribution in [0.3, 0.4) is 0 Å². The number of aryl methyl sites for hydroxylation is 2. The van der Waals surface area contributed by atoms with Crippen LogP contribution in [0.5, 0.6) is 0 Å². The summed E-state index contributed by atoms with van der Waals surface area (Å²) in [5, 5.41) is 0.